The number of halogens is 1. The van der Waals surface area contributed by atoms with Gasteiger partial charge in [0.25, 0.3) is 0 Å². The number of fused-ring (bicyclic) bond motifs is 1. The van der Waals surface area contributed by atoms with Crippen LogP contribution in [0.1, 0.15) is 34.7 Å². The molecule has 3 heterocycles. The van der Waals surface area contributed by atoms with Gasteiger partial charge in [0.15, 0.2) is 0 Å². The van der Waals surface area contributed by atoms with Crippen molar-refractivity contribution < 1.29 is 14.2 Å². The van der Waals surface area contributed by atoms with Crippen LogP contribution in [-0.2, 0) is 0 Å². The molecule has 1 saturated carbocycles. The second-order valence-electron chi connectivity index (χ2n) is 6.50. The van der Waals surface area contributed by atoms with Crippen molar-refractivity contribution in [1.29, 1.82) is 0 Å². The summed E-state index contributed by atoms with van der Waals surface area (Å²) < 4.78 is 22.2. The number of hydrogen-bond donors (Lipinski definition) is 1. The van der Waals surface area contributed by atoms with Gasteiger partial charge in [0, 0.05) is 10.8 Å². The summed E-state index contributed by atoms with van der Waals surface area (Å²) in [5, 5.41) is 19.2. The fourth-order valence-corrected chi connectivity index (χ4v) is 4.49. The van der Waals surface area contributed by atoms with E-state index in [2.05, 4.69) is 15.3 Å². The van der Waals surface area contributed by atoms with Crippen LogP contribution in [-0.4, -0.2) is 42.8 Å². The summed E-state index contributed by atoms with van der Waals surface area (Å²) in [5.74, 6) is 0.589. The summed E-state index contributed by atoms with van der Waals surface area (Å²) in [6.07, 6.45) is 3.67. The minimum Gasteiger partial charge on any atom is -0.497 e. The van der Waals surface area contributed by atoms with E-state index >= 15 is 0 Å². The molecule has 0 saturated heterocycles. The van der Waals surface area contributed by atoms with Crippen molar-refractivity contribution in [1.82, 2.24) is 24.4 Å². The van der Waals surface area contributed by atoms with Gasteiger partial charge in [-0.25, -0.2) is 14.1 Å². The van der Waals surface area contributed by atoms with Crippen LogP contribution in [0.2, 0.25) is 0 Å². The van der Waals surface area contributed by atoms with Crippen molar-refractivity contribution in [3.63, 3.8) is 0 Å². The Morgan fingerprint density at radius 3 is 2.81 bits per heavy atom. The molecule has 3 aromatic heterocycles. The summed E-state index contributed by atoms with van der Waals surface area (Å²) in [6.45, 7) is 0. The van der Waals surface area contributed by atoms with Crippen molar-refractivity contribution in [3.8, 4) is 11.4 Å². The molecule has 4 aromatic rings. The molecule has 7 nitrogen and oxygen atoms in total. The Morgan fingerprint density at radius 2 is 2.11 bits per heavy atom. The van der Waals surface area contributed by atoms with E-state index in [-0.39, 0.29) is 5.92 Å². The third kappa shape index (κ3) is 2.70. The van der Waals surface area contributed by atoms with Gasteiger partial charge < -0.3 is 9.84 Å². The Hall–Kier alpha value is -2.78. The fraction of sp³-hybridized carbons (Fsp3) is 0.278. The standard InChI is InChI=1S/C18H16FN5O2S/c1-26-11-4-2-10(3-5-11)24-8-14(21-22-24)17(25)16-18(12-6-13(12)19)27-15-7-20-9-23(15)16/h2-5,7-9,12-13,17,25H,6H2,1H3/t12-,13+,17?/m1/s1. The van der Waals surface area contributed by atoms with Crippen molar-refractivity contribution in [3.05, 3.63) is 59.3 Å². The first-order chi connectivity index (χ1) is 13.2. The molecule has 1 unspecified atom stereocenters. The third-order valence-electron chi connectivity index (χ3n) is 4.77. The summed E-state index contributed by atoms with van der Waals surface area (Å²) in [4.78, 5) is 5.85. The minimum absolute atomic E-state index is 0.156. The lowest BCUT2D eigenvalue weighted by Crippen LogP contribution is -2.06. The van der Waals surface area contributed by atoms with Crippen molar-refractivity contribution in [2.24, 2.45) is 0 Å². The average Bonchev–Trinajstić information content (AvgIpc) is 3.10. The predicted octanol–water partition coefficient (Wildman–Crippen LogP) is 2.89. The normalized spacial score (nSPS) is 20.1. The zero-order valence-electron chi connectivity index (χ0n) is 14.4. The highest BCUT2D eigenvalue weighted by atomic mass is 32.1. The second kappa shape index (κ2) is 6.14. The van der Waals surface area contributed by atoms with E-state index in [1.165, 1.54) is 11.3 Å². The monoisotopic (exact) mass is 385 g/mol. The molecule has 27 heavy (non-hydrogen) atoms. The molecule has 9 heteroatoms. The molecule has 138 valence electrons. The van der Waals surface area contributed by atoms with Gasteiger partial charge in [-0.15, -0.1) is 16.4 Å². The number of methoxy groups -OCH3 is 1. The largest absolute Gasteiger partial charge is 0.497 e. The molecule has 1 aliphatic carbocycles. The van der Waals surface area contributed by atoms with Gasteiger partial charge in [-0.05, 0) is 30.7 Å². The molecule has 1 fully saturated rings. The van der Waals surface area contributed by atoms with E-state index in [0.29, 0.717) is 17.8 Å². The first-order valence-corrected chi connectivity index (χ1v) is 9.31. The van der Waals surface area contributed by atoms with E-state index in [1.54, 1.807) is 30.5 Å². The molecule has 1 N–H and O–H groups in total. The highest BCUT2D eigenvalue weighted by Crippen LogP contribution is 2.49. The van der Waals surface area contributed by atoms with E-state index in [4.69, 9.17) is 4.74 Å². The SMILES string of the molecule is COc1ccc(-n2cc(C(O)c3c([C@@H]4C[C@@H]4F)sc4cncn34)nn2)cc1. The Kier molecular flexibility index (Phi) is 3.73. The second-order valence-corrected chi connectivity index (χ2v) is 7.56. The molecule has 0 spiro atoms. The Balaban J connectivity index is 1.51. The van der Waals surface area contributed by atoms with E-state index in [1.807, 2.05) is 28.7 Å². The molecule has 1 aliphatic rings. The number of thiazole rings is 1. The Bertz CT molecular complexity index is 1100. The van der Waals surface area contributed by atoms with Crippen LogP contribution in [0.15, 0.2) is 43.0 Å². The number of imidazole rings is 1. The predicted molar refractivity (Wildman–Crippen MR) is 97.3 cm³/mol. The highest BCUT2D eigenvalue weighted by molar-refractivity contribution is 7.17. The summed E-state index contributed by atoms with van der Waals surface area (Å²) >= 11 is 1.47. The summed E-state index contributed by atoms with van der Waals surface area (Å²) in [7, 11) is 1.61. The van der Waals surface area contributed by atoms with Crippen LogP contribution in [0.25, 0.3) is 10.5 Å². The zero-order chi connectivity index (χ0) is 18.5. The number of benzene rings is 1. The van der Waals surface area contributed by atoms with Crippen LogP contribution >= 0.6 is 11.3 Å². The number of aromatic nitrogens is 5. The lowest BCUT2D eigenvalue weighted by Gasteiger charge is -2.09. The maximum absolute atomic E-state index is 13.7. The van der Waals surface area contributed by atoms with E-state index < -0.39 is 12.3 Å². The molecule has 0 bridgehead atoms. The van der Waals surface area contributed by atoms with E-state index in [0.717, 1.165) is 21.1 Å². The summed E-state index contributed by atoms with van der Waals surface area (Å²) in [6, 6.07) is 7.36. The lowest BCUT2D eigenvalue weighted by molar-refractivity contribution is 0.208. The van der Waals surface area contributed by atoms with Gasteiger partial charge in [0.1, 0.15) is 34.9 Å². The van der Waals surface area contributed by atoms with Gasteiger partial charge in [-0.3, -0.25) is 4.40 Å². The maximum atomic E-state index is 13.7. The van der Waals surface area contributed by atoms with Crippen molar-refractivity contribution in [2.75, 3.05) is 7.11 Å². The van der Waals surface area contributed by atoms with Crippen LogP contribution in [0.5, 0.6) is 5.75 Å². The van der Waals surface area contributed by atoms with Crippen LogP contribution in [0.4, 0.5) is 4.39 Å². The number of ether oxygens (including phenoxy) is 1. The molecule has 0 aliphatic heterocycles. The number of aliphatic hydroxyl groups is 1. The third-order valence-corrected chi connectivity index (χ3v) is 6.01. The number of alkyl halides is 1. The molecular weight excluding hydrogens is 369 g/mol. The molecular formula is C18H16FN5O2S. The van der Waals surface area contributed by atoms with Gasteiger partial charge in [0.05, 0.1) is 30.9 Å². The smallest absolute Gasteiger partial charge is 0.141 e. The Labute approximate surface area is 157 Å². The van der Waals surface area contributed by atoms with Gasteiger partial charge in [0.2, 0.25) is 0 Å². The van der Waals surface area contributed by atoms with Crippen LogP contribution in [0.3, 0.4) is 0 Å². The Morgan fingerprint density at radius 1 is 1.33 bits per heavy atom. The van der Waals surface area contributed by atoms with E-state index in [9.17, 15) is 9.50 Å². The molecule has 5 rings (SSSR count). The highest BCUT2D eigenvalue weighted by Gasteiger charge is 2.43. The molecule has 1 aromatic carbocycles. The summed E-state index contributed by atoms with van der Waals surface area (Å²) in [5.41, 5.74) is 1.82. The van der Waals surface area contributed by atoms with Crippen molar-refractivity contribution in [2.45, 2.75) is 24.6 Å². The zero-order valence-corrected chi connectivity index (χ0v) is 15.2. The molecule has 0 radical (unpaired) electrons. The molecule has 3 atom stereocenters. The topological polar surface area (TPSA) is 77.5 Å². The minimum atomic E-state index is -1.01. The van der Waals surface area contributed by atoms with Gasteiger partial charge in [-0.2, -0.15) is 0 Å². The van der Waals surface area contributed by atoms with Crippen molar-refractivity contribution >= 4 is 16.2 Å². The first-order valence-electron chi connectivity index (χ1n) is 8.49. The first kappa shape index (κ1) is 16.4. The van der Waals surface area contributed by atoms with Crippen LogP contribution in [0, 0.1) is 0 Å². The number of aliphatic hydroxyl groups excluding tert-OH is 1. The van der Waals surface area contributed by atoms with Gasteiger partial charge >= 0.3 is 0 Å². The number of nitrogens with zero attached hydrogens (tertiary/aromatic N) is 5. The molecule has 0 amide bonds. The quantitative estimate of drug-likeness (QED) is 0.572. The average molecular weight is 385 g/mol. The number of hydrogen-bond acceptors (Lipinski definition) is 6. The van der Waals surface area contributed by atoms with Gasteiger partial charge in [-0.1, -0.05) is 5.21 Å². The number of rotatable bonds is 5. The fourth-order valence-electron chi connectivity index (χ4n) is 3.19. The van der Waals surface area contributed by atoms with Crippen LogP contribution < -0.4 is 4.74 Å². The lowest BCUT2D eigenvalue weighted by atomic mass is 10.1. The maximum Gasteiger partial charge on any atom is 0.141 e.